The first kappa shape index (κ1) is 20.9. The van der Waals surface area contributed by atoms with Crippen LogP contribution in [0.15, 0.2) is 72.8 Å². The molecule has 1 aliphatic rings. The molecular weight excluding hydrogens is 417 g/mol. The Morgan fingerprint density at radius 1 is 1.00 bits per heavy atom. The van der Waals surface area contributed by atoms with Crippen LogP contribution in [0.2, 0.25) is 5.02 Å². The standard InChI is InChI=1S/C24H21ClFN3O2/c25-21-11-3-1-7-17(21)16-28-13-6-14-29(24(28)31)19-9-5-8-18(15-19)27-23(30)20-10-2-4-12-22(20)26/h1-5,7-12,15H,6,13-14,16H2,(H,27,30). The summed E-state index contributed by atoms with van der Waals surface area (Å²) in [4.78, 5) is 29.0. The van der Waals surface area contributed by atoms with E-state index in [1.807, 2.05) is 30.3 Å². The first-order valence-electron chi connectivity index (χ1n) is 9.99. The third-order valence-corrected chi connectivity index (χ3v) is 5.53. The molecule has 0 bridgehead atoms. The third-order valence-electron chi connectivity index (χ3n) is 5.16. The molecule has 3 aromatic rings. The van der Waals surface area contributed by atoms with E-state index in [1.54, 1.807) is 34.1 Å². The van der Waals surface area contributed by atoms with Gasteiger partial charge in [0, 0.05) is 36.0 Å². The van der Waals surface area contributed by atoms with Gasteiger partial charge < -0.3 is 10.2 Å². The van der Waals surface area contributed by atoms with Crippen LogP contribution < -0.4 is 10.2 Å². The molecule has 1 N–H and O–H groups in total. The zero-order valence-electron chi connectivity index (χ0n) is 16.7. The van der Waals surface area contributed by atoms with E-state index in [0.29, 0.717) is 36.0 Å². The smallest absolute Gasteiger partial charge is 0.322 e. The molecule has 1 fully saturated rings. The lowest BCUT2D eigenvalue weighted by Crippen LogP contribution is -2.49. The largest absolute Gasteiger partial charge is 0.324 e. The molecule has 0 spiro atoms. The number of carbonyl (C=O) groups excluding carboxylic acids is 2. The number of hydrogen-bond acceptors (Lipinski definition) is 2. The Morgan fingerprint density at radius 3 is 2.58 bits per heavy atom. The van der Waals surface area contributed by atoms with Crippen LogP contribution in [0.5, 0.6) is 0 Å². The number of benzene rings is 3. The fraction of sp³-hybridized carbons (Fsp3) is 0.167. The monoisotopic (exact) mass is 437 g/mol. The van der Waals surface area contributed by atoms with E-state index in [4.69, 9.17) is 11.6 Å². The van der Waals surface area contributed by atoms with Crippen molar-refractivity contribution >= 4 is 34.9 Å². The Kier molecular flexibility index (Phi) is 6.18. The lowest BCUT2D eigenvalue weighted by atomic mass is 10.1. The van der Waals surface area contributed by atoms with Crippen LogP contribution in [0.3, 0.4) is 0 Å². The highest BCUT2D eigenvalue weighted by atomic mass is 35.5. The quantitative estimate of drug-likeness (QED) is 0.567. The van der Waals surface area contributed by atoms with Gasteiger partial charge in [0.15, 0.2) is 0 Å². The van der Waals surface area contributed by atoms with Crippen LogP contribution in [0, 0.1) is 5.82 Å². The normalized spacial score (nSPS) is 13.9. The predicted octanol–water partition coefficient (Wildman–Crippen LogP) is 5.56. The molecule has 0 unspecified atom stereocenters. The van der Waals surface area contributed by atoms with Gasteiger partial charge in [-0.15, -0.1) is 0 Å². The average molecular weight is 438 g/mol. The Balaban J connectivity index is 1.50. The molecule has 158 valence electrons. The topological polar surface area (TPSA) is 52.7 Å². The molecule has 0 aliphatic carbocycles. The molecule has 3 amide bonds. The highest BCUT2D eigenvalue weighted by molar-refractivity contribution is 6.31. The predicted molar refractivity (Wildman–Crippen MR) is 120 cm³/mol. The Hall–Kier alpha value is -3.38. The maximum Gasteiger partial charge on any atom is 0.324 e. The van der Waals surface area contributed by atoms with Gasteiger partial charge in [0.25, 0.3) is 5.91 Å². The Morgan fingerprint density at radius 2 is 1.77 bits per heavy atom. The van der Waals surface area contributed by atoms with Crippen LogP contribution in [0.4, 0.5) is 20.6 Å². The number of carbonyl (C=O) groups is 2. The van der Waals surface area contributed by atoms with Gasteiger partial charge in [0.1, 0.15) is 5.82 Å². The van der Waals surface area contributed by atoms with Crippen LogP contribution in [-0.2, 0) is 6.54 Å². The highest BCUT2D eigenvalue weighted by Crippen LogP contribution is 2.26. The highest BCUT2D eigenvalue weighted by Gasteiger charge is 2.27. The summed E-state index contributed by atoms with van der Waals surface area (Å²) in [6.45, 7) is 1.64. The fourth-order valence-corrected chi connectivity index (χ4v) is 3.79. The summed E-state index contributed by atoms with van der Waals surface area (Å²) in [5.41, 5.74) is 2.01. The van der Waals surface area contributed by atoms with Crippen molar-refractivity contribution in [1.29, 1.82) is 0 Å². The molecule has 0 aromatic heterocycles. The molecule has 1 aliphatic heterocycles. The van der Waals surface area contributed by atoms with Crippen molar-refractivity contribution in [2.24, 2.45) is 0 Å². The molecule has 31 heavy (non-hydrogen) atoms. The zero-order chi connectivity index (χ0) is 21.8. The van der Waals surface area contributed by atoms with Crippen molar-refractivity contribution in [3.05, 3.63) is 94.8 Å². The van der Waals surface area contributed by atoms with Gasteiger partial charge in [-0.1, -0.05) is 48.0 Å². The lowest BCUT2D eigenvalue weighted by Gasteiger charge is -2.36. The number of halogens is 2. The summed E-state index contributed by atoms with van der Waals surface area (Å²) >= 11 is 6.26. The van der Waals surface area contributed by atoms with E-state index < -0.39 is 11.7 Å². The van der Waals surface area contributed by atoms with Gasteiger partial charge in [-0.3, -0.25) is 9.69 Å². The average Bonchev–Trinajstić information content (AvgIpc) is 2.77. The van der Waals surface area contributed by atoms with Gasteiger partial charge in [0.05, 0.1) is 5.56 Å². The van der Waals surface area contributed by atoms with Gasteiger partial charge >= 0.3 is 6.03 Å². The summed E-state index contributed by atoms with van der Waals surface area (Å²) in [5, 5.41) is 3.33. The van der Waals surface area contributed by atoms with Crippen molar-refractivity contribution in [3.8, 4) is 0 Å². The lowest BCUT2D eigenvalue weighted by molar-refractivity contribution is 0.102. The van der Waals surface area contributed by atoms with Gasteiger partial charge in [0.2, 0.25) is 0 Å². The summed E-state index contributed by atoms with van der Waals surface area (Å²) < 4.78 is 13.9. The molecule has 7 heteroatoms. The summed E-state index contributed by atoms with van der Waals surface area (Å²) in [6, 6.07) is 20.2. The number of anilines is 2. The van der Waals surface area contributed by atoms with Gasteiger partial charge in [-0.05, 0) is 48.4 Å². The van der Waals surface area contributed by atoms with E-state index in [1.165, 1.54) is 18.2 Å². The van der Waals surface area contributed by atoms with E-state index in [0.717, 1.165) is 12.0 Å². The van der Waals surface area contributed by atoms with Crippen molar-refractivity contribution in [2.45, 2.75) is 13.0 Å². The molecule has 0 radical (unpaired) electrons. The number of amides is 3. The molecule has 4 rings (SSSR count). The van der Waals surface area contributed by atoms with E-state index in [9.17, 15) is 14.0 Å². The number of nitrogens with zero attached hydrogens (tertiary/aromatic N) is 2. The maximum absolute atomic E-state index is 13.9. The molecule has 0 atom stereocenters. The number of hydrogen-bond donors (Lipinski definition) is 1. The fourth-order valence-electron chi connectivity index (χ4n) is 3.60. The first-order valence-corrected chi connectivity index (χ1v) is 10.4. The van der Waals surface area contributed by atoms with Crippen molar-refractivity contribution < 1.29 is 14.0 Å². The molecule has 3 aromatic carbocycles. The Bertz CT molecular complexity index is 1120. The van der Waals surface area contributed by atoms with E-state index >= 15 is 0 Å². The second kappa shape index (κ2) is 9.18. The Labute approximate surface area is 185 Å². The van der Waals surface area contributed by atoms with Crippen LogP contribution in [-0.4, -0.2) is 29.9 Å². The van der Waals surface area contributed by atoms with Crippen LogP contribution in [0.1, 0.15) is 22.3 Å². The SMILES string of the molecule is O=C(Nc1cccc(N2CCCN(Cc3ccccc3Cl)C2=O)c1)c1ccccc1F. The molecule has 5 nitrogen and oxygen atoms in total. The molecule has 0 saturated carbocycles. The second-order valence-corrected chi connectivity index (χ2v) is 7.69. The molecular formula is C24H21ClFN3O2. The number of urea groups is 1. The molecule has 1 saturated heterocycles. The van der Waals surface area contributed by atoms with Crippen molar-refractivity contribution in [3.63, 3.8) is 0 Å². The van der Waals surface area contributed by atoms with Crippen LogP contribution >= 0.6 is 11.6 Å². The maximum atomic E-state index is 13.9. The minimum atomic E-state index is -0.586. The first-order chi connectivity index (χ1) is 15.0. The van der Waals surface area contributed by atoms with E-state index in [2.05, 4.69) is 5.32 Å². The molecule has 1 heterocycles. The van der Waals surface area contributed by atoms with Crippen molar-refractivity contribution in [2.75, 3.05) is 23.3 Å². The van der Waals surface area contributed by atoms with Gasteiger partial charge in [-0.2, -0.15) is 0 Å². The minimum absolute atomic E-state index is 0.0344. The second-order valence-electron chi connectivity index (χ2n) is 7.29. The van der Waals surface area contributed by atoms with Crippen molar-refractivity contribution in [1.82, 2.24) is 4.90 Å². The minimum Gasteiger partial charge on any atom is -0.322 e. The third kappa shape index (κ3) is 4.70. The van der Waals surface area contributed by atoms with E-state index in [-0.39, 0.29) is 11.6 Å². The zero-order valence-corrected chi connectivity index (χ0v) is 17.5. The number of nitrogens with one attached hydrogen (secondary N) is 1. The summed E-state index contributed by atoms with van der Waals surface area (Å²) in [7, 11) is 0. The summed E-state index contributed by atoms with van der Waals surface area (Å²) in [6.07, 6.45) is 0.808. The summed E-state index contributed by atoms with van der Waals surface area (Å²) in [5.74, 6) is -1.13. The number of rotatable bonds is 5. The van der Waals surface area contributed by atoms with Gasteiger partial charge in [-0.25, -0.2) is 9.18 Å². The van der Waals surface area contributed by atoms with Crippen LogP contribution in [0.25, 0.3) is 0 Å².